The molecule has 2 unspecified atom stereocenters. The van der Waals surface area contributed by atoms with Crippen molar-refractivity contribution in [1.29, 1.82) is 0 Å². The van der Waals surface area contributed by atoms with E-state index in [2.05, 4.69) is 57.2 Å². The van der Waals surface area contributed by atoms with Gasteiger partial charge in [-0.3, -0.25) is 0 Å². The number of fused-ring (bicyclic) bond motifs is 1. The van der Waals surface area contributed by atoms with Crippen molar-refractivity contribution in [2.75, 3.05) is 0 Å². The summed E-state index contributed by atoms with van der Waals surface area (Å²) in [7, 11) is 0. The van der Waals surface area contributed by atoms with Gasteiger partial charge in [-0.1, -0.05) is 45.0 Å². The maximum Gasteiger partial charge on any atom is 0.0710 e. The third kappa shape index (κ3) is 3.19. The lowest BCUT2D eigenvalue weighted by Gasteiger charge is -2.27. The lowest BCUT2D eigenvalue weighted by atomic mass is 9.82. The highest BCUT2D eigenvalue weighted by atomic mass is 35.5. The number of hydrogen-bond donors (Lipinski definition) is 0. The molecule has 2 atom stereocenters. The van der Waals surface area contributed by atoms with E-state index in [1.807, 2.05) is 11.3 Å². The van der Waals surface area contributed by atoms with Gasteiger partial charge in [-0.25, -0.2) is 0 Å². The van der Waals surface area contributed by atoms with E-state index in [9.17, 15) is 0 Å². The summed E-state index contributed by atoms with van der Waals surface area (Å²) in [6, 6.07) is 13.3. The second-order valence-corrected chi connectivity index (χ2v) is 8.71. The minimum absolute atomic E-state index is 0.152. The van der Waals surface area contributed by atoms with Crippen molar-refractivity contribution in [1.82, 2.24) is 0 Å². The van der Waals surface area contributed by atoms with E-state index < -0.39 is 0 Å². The van der Waals surface area contributed by atoms with Gasteiger partial charge < -0.3 is 0 Å². The van der Waals surface area contributed by atoms with Gasteiger partial charge in [0, 0.05) is 9.75 Å². The van der Waals surface area contributed by atoms with Gasteiger partial charge in [0.1, 0.15) is 0 Å². The van der Waals surface area contributed by atoms with Gasteiger partial charge in [0.15, 0.2) is 0 Å². The Kier molecular flexibility index (Phi) is 4.16. The number of alkyl halides is 1. The van der Waals surface area contributed by atoms with Gasteiger partial charge >= 0.3 is 0 Å². The molecule has 0 aliphatic heterocycles. The molecule has 0 radical (unpaired) electrons. The van der Waals surface area contributed by atoms with E-state index in [4.69, 9.17) is 11.6 Å². The summed E-state index contributed by atoms with van der Waals surface area (Å²) < 4.78 is 0. The summed E-state index contributed by atoms with van der Waals surface area (Å²) in [6.45, 7) is 6.80. The van der Waals surface area contributed by atoms with Gasteiger partial charge in [-0.2, -0.15) is 0 Å². The fraction of sp³-hybridized carbons (Fsp3) is 0.474. The summed E-state index contributed by atoms with van der Waals surface area (Å²) in [5.74, 6) is 0.563. The fourth-order valence-corrected chi connectivity index (χ4v) is 4.67. The van der Waals surface area contributed by atoms with Crippen molar-refractivity contribution in [2.45, 2.75) is 50.8 Å². The lowest BCUT2D eigenvalue weighted by Crippen LogP contribution is -2.18. The molecule has 0 bridgehead atoms. The number of aryl methyl sites for hydroxylation is 1. The first-order chi connectivity index (χ1) is 9.95. The quantitative estimate of drug-likeness (QED) is 0.584. The second-order valence-electron chi connectivity index (χ2n) is 7.13. The van der Waals surface area contributed by atoms with E-state index in [0.717, 1.165) is 6.42 Å². The molecule has 0 saturated heterocycles. The first-order valence-electron chi connectivity index (χ1n) is 7.76. The van der Waals surface area contributed by atoms with Crippen molar-refractivity contribution in [3.63, 3.8) is 0 Å². The van der Waals surface area contributed by atoms with Crippen molar-refractivity contribution in [3.05, 3.63) is 57.3 Å². The molecule has 0 N–H and O–H groups in total. The van der Waals surface area contributed by atoms with E-state index in [-0.39, 0.29) is 10.8 Å². The van der Waals surface area contributed by atoms with Crippen LogP contribution >= 0.6 is 22.9 Å². The first-order valence-corrected chi connectivity index (χ1v) is 9.01. The molecule has 0 amide bonds. The molecule has 2 aromatic rings. The van der Waals surface area contributed by atoms with Crippen LogP contribution < -0.4 is 0 Å². The van der Waals surface area contributed by atoms with E-state index in [0.29, 0.717) is 5.92 Å². The molecule has 2 heteroatoms. The van der Waals surface area contributed by atoms with Gasteiger partial charge in [-0.15, -0.1) is 22.9 Å². The van der Waals surface area contributed by atoms with Crippen molar-refractivity contribution < 1.29 is 0 Å². The van der Waals surface area contributed by atoms with Gasteiger partial charge in [0.2, 0.25) is 0 Å². The largest absolute Gasteiger partial charge is 0.143 e. The van der Waals surface area contributed by atoms with Crippen LogP contribution in [0, 0.1) is 5.92 Å². The third-order valence-electron chi connectivity index (χ3n) is 4.44. The predicted molar refractivity (Wildman–Crippen MR) is 93.6 cm³/mol. The first kappa shape index (κ1) is 15.1. The van der Waals surface area contributed by atoms with Crippen LogP contribution in [0.15, 0.2) is 36.4 Å². The average molecular weight is 319 g/mol. The van der Waals surface area contributed by atoms with Crippen LogP contribution in [0.25, 0.3) is 0 Å². The highest BCUT2D eigenvalue weighted by Crippen LogP contribution is 2.42. The zero-order valence-corrected chi connectivity index (χ0v) is 14.6. The number of benzene rings is 1. The zero-order chi connectivity index (χ0) is 15.0. The topological polar surface area (TPSA) is 0 Å². The minimum Gasteiger partial charge on any atom is -0.143 e. The van der Waals surface area contributed by atoms with Gasteiger partial charge in [-0.05, 0) is 53.9 Å². The third-order valence-corrected chi connectivity index (χ3v) is 6.75. The Bertz CT molecular complexity index is 620. The molecule has 21 heavy (non-hydrogen) atoms. The monoisotopic (exact) mass is 318 g/mol. The molecule has 1 aliphatic rings. The Morgan fingerprint density at radius 3 is 2.48 bits per heavy atom. The van der Waals surface area contributed by atoms with Crippen molar-refractivity contribution in [3.8, 4) is 0 Å². The molecule has 1 aromatic carbocycles. The molecule has 1 aromatic heterocycles. The van der Waals surface area contributed by atoms with Crippen LogP contribution in [0.3, 0.4) is 0 Å². The number of halogens is 1. The van der Waals surface area contributed by atoms with Gasteiger partial charge in [0.05, 0.1) is 5.38 Å². The minimum atomic E-state index is 0.152. The van der Waals surface area contributed by atoms with Crippen LogP contribution in [0.4, 0.5) is 0 Å². The summed E-state index contributed by atoms with van der Waals surface area (Å²) in [6.07, 6.45) is 3.49. The predicted octanol–water partition coefficient (Wildman–Crippen LogP) is 6.13. The molecule has 0 saturated carbocycles. The molecular formula is C19H23ClS. The number of rotatable bonds is 2. The highest BCUT2D eigenvalue weighted by molar-refractivity contribution is 7.12. The maximum atomic E-state index is 6.83. The molecular weight excluding hydrogens is 296 g/mol. The van der Waals surface area contributed by atoms with Gasteiger partial charge in [0.25, 0.3) is 0 Å². The molecule has 0 nitrogen and oxygen atoms in total. The smallest absolute Gasteiger partial charge is 0.0710 e. The van der Waals surface area contributed by atoms with E-state index in [1.165, 1.54) is 33.7 Å². The molecule has 3 rings (SSSR count). The Balaban J connectivity index is 1.77. The molecule has 1 aliphatic carbocycles. The zero-order valence-electron chi connectivity index (χ0n) is 13.0. The van der Waals surface area contributed by atoms with Crippen molar-refractivity contribution in [2.24, 2.45) is 5.92 Å². The van der Waals surface area contributed by atoms with Crippen LogP contribution in [-0.4, -0.2) is 0 Å². The summed E-state index contributed by atoms with van der Waals surface area (Å²) in [4.78, 5) is 2.77. The lowest BCUT2D eigenvalue weighted by molar-refractivity contribution is 0.446. The number of hydrogen-bond acceptors (Lipinski definition) is 1. The van der Waals surface area contributed by atoms with E-state index >= 15 is 0 Å². The SMILES string of the molecule is CC(C)(C)c1ccc(C(Cl)C2CCc3ccccc3C2)s1. The Hall–Kier alpha value is -0.790. The molecule has 0 spiro atoms. The molecule has 1 heterocycles. The second kappa shape index (κ2) is 5.78. The Morgan fingerprint density at radius 1 is 1.10 bits per heavy atom. The summed E-state index contributed by atoms with van der Waals surface area (Å²) >= 11 is 8.72. The summed E-state index contributed by atoms with van der Waals surface area (Å²) in [5, 5.41) is 0.152. The van der Waals surface area contributed by atoms with Crippen LogP contribution in [0.2, 0.25) is 0 Å². The Labute approximate surface area is 137 Å². The standard InChI is InChI=1S/C19H23ClS/c1-19(2,3)17-11-10-16(21-17)18(20)15-9-8-13-6-4-5-7-14(13)12-15/h4-7,10-11,15,18H,8-9,12H2,1-3H3. The van der Waals surface area contributed by atoms with Crippen LogP contribution in [0.5, 0.6) is 0 Å². The molecule has 112 valence electrons. The van der Waals surface area contributed by atoms with Crippen LogP contribution in [-0.2, 0) is 18.3 Å². The normalized spacial score (nSPS) is 20.1. The fourth-order valence-electron chi connectivity index (χ4n) is 3.11. The summed E-state index contributed by atoms with van der Waals surface area (Å²) in [5.41, 5.74) is 3.23. The van der Waals surface area contributed by atoms with Crippen LogP contribution in [0.1, 0.15) is 53.5 Å². The maximum absolute atomic E-state index is 6.83. The van der Waals surface area contributed by atoms with E-state index in [1.54, 1.807) is 0 Å². The highest BCUT2D eigenvalue weighted by Gasteiger charge is 2.28. The van der Waals surface area contributed by atoms with Crippen molar-refractivity contribution >= 4 is 22.9 Å². The number of thiophene rings is 1. The molecule has 0 fully saturated rings. The Morgan fingerprint density at radius 2 is 1.81 bits per heavy atom. The average Bonchev–Trinajstić information content (AvgIpc) is 2.96.